The van der Waals surface area contributed by atoms with Gasteiger partial charge in [-0.15, -0.1) is 0 Å². The van der Waals surface area contributed by atoms with Crippen molar-refractivity contribution in [2.75, 3.05) is 5.32 Å². The number of nitrogens with zero attached hydrogens (tertiary/aromatic N) is 2. The van der Waals surface area contributed by atoms with E-state index in [4.69, 9.17) is 0 Å². The van der Waals surface area contributed by atoms with Crippen LogP contribution in [0.25, 0.3) is 0 Å². The van der Waals surface area contributed by atoms with Gasteiger partial charge in [0.1, 0.15) is 6.33 Å². The molecule has 23 heavy (non-hydrogen) atoms. The third-order valence-corrected chi connectivity index (χ3v) is 4.58. The standard InChI is InChI=1S/C16H13BrN4OS/c17-12-5-7-13(8-6-12)20-15(22)14-4-2-1-3-11(14)9-23-16-18-10-19-21-16/h1-8,10H,9H2,(H,20,22)(H,18,19,21). The van der Waals surface area contributed by atoms with Gasteiger partial charge in [0.25, 0.3) is 5.91 Å². The summed E-state index contributed by atoms with van der Waals surface area (Å²) in [5.74, 6) is 0.514. The van der Waals surface area contributed by atoms with Crippen LogP contribution in [0.5, 0.6) is 0 Å². The van der Waals surface area contributed by atoms with Crippen LogP contribution in [-0.4, -0.2) is 21.1 Å². The van der Waals surface area contributed by atoms with E-state index in [0.717, 1.165) is 20.9 Å². The number of hydrogen-bond acceptors (Lipinski definition) is 4. The molecule has 1 aromatic heterocycles. The molecule has 0 fully saturated rings. The fraction of sp³-hybridized carbons (Fsp3) is 0.0625. The predicted molar refractivity (Wildman–Crippen MR) is 94.5 cm³/mol. The van der Waals surface area contributed by atoms with Crippen LogP contribution in [-0.2, 0) is 5.75 Å². The fourth-order valence-electron chi connectivity index (χ4n) is 2.01. The van der Waals surface area contributed by atoms with Gasteiger partial charge in [0.2, 0.25) is 0 Å². The molecule has 0 saturated carbocycles. The third kappa shape index (κ3) is 4.20. The van der Waals surface area contributed by atoms with Crippen LogP contribution in [0.15, 0.2) is 64.5 Å². The van der Waals surface area contributed by atoms with E-state index in [1.54, 1.807) is 0 Å². The van der Waals surface area contributed by atoms with Crippen molar-refractivity contribution in [3.8, 4) is 0 Å². The predicted octanol–water partition coefficient (Wildman–Crippen LogP) is 4.11. The second-order valence-corrected chi connectivity index (χ2v) is 6.58. The second-order valence-electron chi connectivity index (χ2n) is 4.70. The average molecular weight is 389 g/mol. The third-order valence-electron chi connectivity index (χ3n) is 3.12. The summed E-state index contributed by atoms with van der Waals surface area (Å²) >= 11 is 4.88. The Morgan fingerprint density at radius 3 is 2.70 bits per heavy atom. The summed E-state index contributed by atoms with van der Waals surface area (Å²) < 4.78 is 0.972. The summed E-state index contributed by atoms with van der Waals surface area (Å²) in [7, 11) is 0. The normalized spacial score (nSPS) is 10.5. The average Bonchev–Trinajstić information content (AvgIpc) is 3.09. The molecule has 2 N–H and O–H groups in total. The Kier molecular flexibility index (Phi) is 5.09. The van der Waals surface area contributed by atoms with Gasteiger partial charge in [-0.2, -0.15) is 5.10 Å². The number of carbonyl (C=O) groups is 1. The van der Waals surface area contributed by atoms with E-state index in [1.807, 2.05) is 48.5 Å². The van der Waals surface area contributed by atoms with Crippen molar-refractivity contribution < 1.29 is 4.79 Å². The summed E-state index contributed by atoms with van der Waals surface area (Å²) in [6.07, 6.45) is 1.47. The Bertz CT molecular complexity index is 790. The maximum atomic E-state index is 12.5. The van der Waals surface area contributed by atoms with Gasteiger partial charge in [-0.25, -0.2) is 4.98 Å². The zero-order valence-corrected chi connectivity index (χ0v) is 14.4. The fourth-order valence-corrected chi connectivity index (χ4v) is 3.06. The van der Waals surface area contributed by atoms with Crippen molar-refractivity contribution in [1.29, 1.82) is 0 Å². The molecule has 0 aliphatic carbocycles. The Hall–Kier alpha value is -2.12. The first kappa shape index (κ1) is 15.8. The number of nitrogens with one attached hydrogen (secondary N) is 2. The van der Waals surface area contributed by atoms with Gasteiger partial charge < -0.3 is 5.32 Å². The van der Waals surface area contributed by atoms with Gasteiger partial charge in [0.05, 0.1) is 0 Å². The van der Waals surface area contributed by atoms with Gasteiger partial charge in [-0.05, 0) is 35.9 Å². The molecule has 2 aromatic carbocycles. The molecule has 116 valence electrons. The highest BCUT2D eigenvalue weighted by Gasteiger charge is 2.12. The molecule has 3 aromatic rings. The van der Waals surface area contributed by atoms with Gasteiger partial charge in [-0.1, -0.05) is 45.9 Å². The van der Waals surface area contributed by atoms with Gasteiger partial charge in [-0.3, -0.25) is 9.89 Å². The number of aromatic nitrogens is 3. The number of anilines is 1. The first-order valence-corrected chi connectivity index (χ1v) is 8.63. The molecule has 0 unspecified atom stereocenters. The van der Waals surface area contributed by atoms with Gasteiger partial charge in [0, 0.05) is 21.5 Å². The molecule has 3 rings (SSSR count). The molecule has 0 atom stereocenters. The first-order chi connectivity index (χ1) is 11.2. The van der Waals surface area contributed by atoms with Crippen molar-refractivity contribution >= 4 is 39.3 Å². The molecule has 0 saturated heterocycles. The maximum Gasteiger partial charge on any atom is 0.255 e. The number of benzene rings is 2. The lowest BCUT2D eigenvalue weighted by molar-refractivity contribution is 0.102. The Balaban J connectivity index is 1.73. The van der Waals surface area contributed by atoms with Crippen LogP contribution in [0.3, 0.4) is 0 Å². The monoisotopic (exact) mass is 388 g/mol. The summed E-state index contributed by atoms with van der Waals surface area (Å²) in [6.45, 7) is 0. The van der Waals surface area contributed by atoms with E-state index >= 15 is 0 Å². The maximum absolute atomic E-state index is 12.5. The molecule has 0 aliphatic heterocycles. The van der Waals surface area contributed by atoms with E-state index in [0.29, 0.717) is 11.3 Å². The van der Waals surface area contributed by atoms with Crippen molar-refractivity contribution in [2.45, 2.75) is 10.9 Å². The van der Waals surface area contributed by atoms with Crippen LogP contribution in [0.1, 0.15) is 15.9 Å². The van der Waals surface area contributed by atoms with Crippen LogP contribution in [0, 0.1) is 0 Å². The van der Waals surface area contributed by atoms with Crippen LogP contribution in [0.4, 0.5) is 5.69 Å². The zero-order chi connectivity index (χ0) is 16.1. The molecule has 7 heteroatoms. The summed E-state index contributed by atoms with van der Waals surface area (Å²) in [6, 6.07) is 15.0. The highest BCUT2D eigenvalue weighted by atomic mass is 79.9. The minimum Gasteiger partial charge on any atom is -0.322 e. The number of aromatic amines is 1. The molecule has 1 amide bonds. The Labute approximate surface area is 146 Å². The number of rotatable bonds is 5. The molecule has 0 radical (unpaired) electrons. The topological polar surface area (TPSA) is 70.7 Å². The smallest absolute Gasteiger partial charge is 0.255 e. The summed E-state index contributed by atoms with van der Waals surface area (Å²) in [5, 5.41) is 10.3. The van der Waals surface area contributed by atoms with Crippen LogP contribution in [0.2, 0.25) is 0 Å². The van der Waals surface area contributed by atoms with Crippen LogP contribution < -0.4 is 5.32 Å². The minimum atomic E-state index is -0.124. The molecular weight excluding hydrogens is 376 g/mol. The molecule has 0 spiro atoms. The summed E-state index contributed by atoms with van der Waals surface area (Å²) in [5.41, 5.74) is 2.36. The minimum absolute atomic E-state index is 0.124. The SMILES string of the molecule is O=C(Nc1ccc(Br)cc1)c1ccccc1CSc1ncn[nH]1. The van der Waals surface area contributed by atoms with Crippen molar-refractivity contribution in [1.82, 2.24) is 15.2 Å². The highest BCUT2D eigenvalue weighted by Crippen LogP contribution is 2.22. The lowest BCUT2D eigenvalue weighted by atomic mass is 10.1. The quantitative estimate of drug-likeness (QED) is 0.645. The number of hydrogen-bond donors (Lipinski definition) is 2. The molecule has 0 bridgehead atoms. The summed E-state index contributed by atoms with van der Waals surface area (Å²) in [4.78, 5) is 16.6. The van der Waals surface area contributed by atoms with Crippen molar-refractivity contribution in [2.24, 2.45) is 0 Å². The largest absolute Gasteiger partial charge is 0.322 e. The first-order valence-electron chi connectivity index (χ1n) is 6.85. The number of thioether (sulfide) groups is 1. The van der Waals surface area contributed by atoms with Crippen molar-refractivity contribution in [3.05, 3.63) is 70.5 Å². The number of halogens is 1. The van der Waals surface area contributed by atoms with E-state index < -0.39 is 0 Å². The molecule has 1 heterocycles. The lowest BCUT2D eigenvalue weighted by Crippen LogP contribution is -2.13. The van der Waals surface area contributed by atoms with Gasteiger partial charge >= 0.3 is 0 Å². The number of carbonyl (C=O) groups excluding carboxylic acids is 1. The van der Waals surface area contributed by atoms with Gasteiger partial charge in [0.15, 0.2) is 5.16 Å². The lowest BCUT2D eigenvalue weighted by Gasteiger charge is -2.09. The number of H-pyrrole nitrogens is 1. The Morgan fingerprint density at radius 2 is 1.96 bits per heavy atom. The highest BCUT2D eigenvalue weighted by molar-refractivity contribution is 9.10. The molecule has 0 aliphatic rings. The second kappa shape index (κ2) is 7.43. The number of amides is 1. The van der Waals surface area contributed by atoms with Crippen LogP contribution >= 0.6 is 27.7 Å². The molecular formula is C16H13BrN4OS. The van der Waals surface area contributed by atoms with Crippen molar-refractivity contribution in [3.63, 3.8) is 0 Å². The van der Waals surface area contributed by atoms with E-state index in [1.165, 1.54) is 18.1 Å². The van der Waals surface area contributed by atoms with E-state index in [2.05, 4.69) is 36.4 Å². The molecule has 5 nitrogen and oxygen atoms in total. The van der Waals surface area contributed by atoms with E-state index in [-0.39, 0.29) is 5.91 Å². The Morgan fingerprint density at radius 1 is 1.17 bits per heavy atom. The zero-order valence-electron chi connectivity index (χ0n) is 12.0. The van der Waals surface area contributed by atoms with E-state index in [9.17, 15) is 4.79 Å².